The number of carbonyl (C=O) groups is 2. The maximum Gasteiger partial charge on any atom is 0.330 e. The molecule has 2 atom stereocenters. The normalized spacial score (nSPS) is 14.6. The Labute approximate surface area is 298 Å². The van der Waals surface area contributed by atoms with Gasteiger partial charge >= 0.3 is 11.9 Å². The lowest BCUT2D eigenvalue weighted by Crippen LogP contribution is -2.29. The summed E-state index contributed by atoms with van der Waals surface area (Å²) in [5.74, 6) is -1.69. The first-order valence-electron chi connectivity index (χ1n) is 17.2. The van der Waals surface area contributed by atoms with Crippen molar-refractivity contribution in [1.82, 2.24) is 0 Å². The van der Waals surface area contributed by atoms with E-state index in [4.69, 9.17) is 19.3 Å². The van der Waals surface area contributed by atoms with Crippen molar-refractivity contribution in [2.45, 2.75) is 63.5 Å². The lowest BCUT2D eigenvalue weighted by Gasteiger charge is -2.22. The highest BCUT2D eigenvalue weighted by Crippen LogP contribution is 2.45. The molecule has 51 heavy (non-hydrogen) atoms. The molecule has 10 heteroatoms. The van der Waals surface area contributed by atoms with Crippen LogP contribution >= 0.6 is 0 Å². The number of benzene rings is 4. The molecule has 2 aliphatic carbocycles. The zero-order valence-corrected chi connectivity index (χ0v) is 29.0. The van der Waals surface area contributed by atoms with E-state index in [-0.39, 0.29) is 25.0 Å². The molecule has 0 saturated heterocycles. The second-order valence-electron chi connectivity index (χ2n) is 12.3. The standard InChI is InChI=1S/C21H23NO4.C20H21NO4/c1-3-8-19(20(23)25-2)22-21(24)26-13-18-16-11-6-4-9-14(16)15-10-5-7-12-17(15)18;1-2-7-18(19(22)23)21-20(24)25-12-17-15-10-5-3-8-13(15)14-9-4-6-11-16(14)17/h4-7,9-12,18-19H,3,8,13H2,1-2H3,(H,22,24);3-6,8-11,17-18H,2,7,12H2,1H3,(H,21,24)(H,22,23)/p-2/t19-;18-/m00/s1. The number of nitrogens with zero attached hydrogens (tertiary/aromatic N) is 2. The summed E-state index contributed by atoms with van der Waals surface area (Å²) in [6.45, 7) is 4.11. The van der Waals surface area contributed by atoms with Crippen molar-refractivity contribution < 1.29 is 39.1 Å². The van der Waals surface area contributed by atoms with E-state index in [9.17, 15) is 19.8 Å². The average Bonchev–Trinajstić information content (AvgIpc) is 3.65. The molecule has 1 N–H and O–H groups in total. The van der Waals surface area contributed by atoms with Gasteiger partial charge in [-0.3, -0.25) is 9.98 Å². The average molecular weight is 691 g/mol. The van der Waals surface area contributed by atoms with Crippen molar-refractivity contribution in [3.8, 4) is 22.3 Å². The molecule has 0 amide bonds. The van der Waals surface area contributed by atoms with E-state index in [1.54, 1.807) is 0 Å². The number of carboxylic acid groups (broad SMARTS) is 1. The smallest absolute Gasteiger partial charge is 0.330 e. The molecule has 266 valence electrons. The van der Waals surface area contributed by atoms with E-state index in [0.29, 0.717) is 19.3 Å². The van der Waals surface area contributed by atoms with Gasteiger partial charge in [0.15, 0.2) is 0 Å². The third-order valence-electron chi connectivity index (χ3n) is 9.08. The van der Waals surface area contributed by atoms with Crippen molar-refractivity contribution in [3.63, 3.8) is 0 Å². The Balaban J connectivity index is 0.000000198. The minimum atomic E-state index is -1.10. The van der Waals surface area contributed by atoms with Crippen molar-refractivity contribution >= 4 is 24.1 Å². The Morgan fingerprint density at radius 2 is 0.961 bits per heavy atom. The molecule has 4 aromatic rings. The maximum absolute atomic E-state index is 12.1. The second-order valence-corrected chi connectivity index (χ2v) is 12.3. The fraction of sp³-hybridized carbons (Fsp3) is 0.317. The van der Waals surface area contributed by atoms with Crippen molar-refractivity contribution in [3.05, 3.63) is 119 Å². The van der Waals surface area contributed by atoms with Crippen LogP contribution in [0.4, 0.5) is 0 Å². The highest BCUT2D eigenvalue weighted by atomic mass is 16.6. The Bertz CT molecular complexity index is 1800. The summed E-state index contributed by atoms with van der Waals surface area (Å²) in [7, 11) is 1.29. The highest BCUT2D eigenvalue weighted by Gasteiger charge is 2.28. The Hall–Kier alpha value is -5.64. The first-order valence-corrected chi connectivity index (χ1v) is 17.2. The zero-order chi connectivity index (χ0) is 36.3. The third kappa shape index (κ3) is 8.57. The molecule has 0 fully saturated rings. The number of hydrogen-bond acceptors (Lipinski definition) is 9. The van der Waals surface area contributed by atoms with Crippen LogP contribution in [0.2, 0.25) is 0 Å². The Kier molecular flexibility index (Phi) is 12.5. The molecule has 10 nitrogen and oxygen atoms in total. The first-order chi connectivity index (χ1) is 24.8. The molecule has 0 heterocycles. The van der Waals surface area contributed by atoms with Gasteiger partial charge in [0.25, 0.3) is 0 Å². The Morgan fingerprint density at radius 3 is 1.29 bits per heavy atom. The number of esters is 1. The molecule has 0 bridgehead atoms. The first kappa shape index (κ1) is 36.6. The molecule has 0 unspecified atom stereocenters. The number of ether oxygens (including phenoxy) is 3. The van der Waals surface area contributed by atoms with E-state index in [1.165, 1.54) is 18.2 Å². The van der Waals surface area contributed by atoms with E-state index in [0.717, 1.165) is 39.8 Å². The van der Waals surface area contributed by atoms with Crippen molar-refractivity contribution in [1.29, 1.82) is 0 Å². The maximum atomic E-state index is 12.1. The monoisotopic (exact) mass is 690 g/mol. The molecular formula is C41H42N2O8-2. The summed E-state index contributed by atoms with van der Waals surface area (Å²) in [6, 6.07) is 30.5. The predicted molar refractivity (Wildman–Crippen MR) is 191 cm³/mol. The van der Waals surface area contributed by atoms with Gasteiger partial charge in [0.2, 0.25) is 0 Å². The number of methoxy groups -OCH3 is 1. The molecule has 2 aliphatic rings. The van der Waals surface area contributed by atoms with E-state index in [1.807, 2.05) is 74.5 Å². The van der Waals surface area contributed by atoms with Crippen LogP contribution in [0.15, 0.2) is 107 Å². The van der Waals surface area contributed by atoms with Gasteiger partial charge in [-0.2, -0.15) is 0 Å². The van der Waals surface area contributed by atoms with Crippen LogP contribution < -0.4 is 10.2 Å². The summed E-state index contributed by atoms with van der Waals surface area (Å²) < 4.78 is 15.4. The SMILES string of the molecule is CCC[C@H](N=C([O-])OCC1c2ccccc2-c2ccccc21)C(=O)O.CCC[C@H](N=C([O-])OCC1c2ccccc2-c2ccccc21)C(=O)OC. The summed E-state index contributed by atoms with van der Waals surface area (Å²) >= 11 is 0. The summed E-state index contributed by atoms with van der Waals surface area (Å²) in [5.41, 5.74) is 9.12. The van der Waals surface area contributed by atoms with Gasteiger partial charge in [-0.1, -0.05) is 124 Å². The summed E-state index contributed by atoms with van der Waals surface area (Å²) in [4.78, 5) is 30.4. The van der Waals surface area contributed by atoms with E-state index in [2.05, 4.69) is 46.4 Å². The highest BCUT2D eigenvalue weighted by molar-refractivity contribution is 5.81. The van der Waals surface area contributed by atoms with Gasteiger partial charge in [0.1, 0.15) is 24.3 Å². The fourth-order valence-corrected chi connectivity index (χ4v) is 6.68. The molecular weight excluding hydrogens is 648 g/mol. The lowest BCUT2D eigenvalue weighted by molar-refractivity contribution is -0.252. The molecule has 0 spiro atoms. The summed E-state index contributed by atoms with van der Waals surface area (Å²) in [6.07, 6.45) is 0.589. The predicted octanol–water partition coefficient (Wildman–Crippen LogP) is 5.66. The molecule has 0 aliphatic heterocycles. The van der Waals surface area contributed by atoms with Crippen LogP contribution in [0.5, 0.6) is 0 Å². The molecule has 0 saturated carbocycles. The summed E-state index contributed by atoms with van der Waals surface area (Å²) in [5, 5.41) is 33.2. The fourth-order valence-electron chi connectivity index (χ4n) is 6.68. The lowest BCUT2D eigenvalue weighted by atomic mass is 9.98. The third-order valence-corrected chi connectivity index (χ3v) is 9.08. The van der Waals surface area contributed by atoms with E-state index >= 15 is 0 Å². The largest absolute Gasteiger partial charge is 0.599 e. The number of hydrogen-bond donors (Lipinski definition) is 1. The van der Waals surface area contributed by atoms with Crippen LogP contribution in [0.25, 0.3) is 22.3 Å². The van der Waals surface area contributed by atoms with Gasteiger partial charge < -0.3 is 29.5 Å². The molecule has 0 radical (unpaired) electrons. The van der Waals surface area contributed by atoms with Crippen molar-refractivity contribution in [2.24, 2.45) is 9.98 Å². The minimum Gasteiger partial charge on any atom is -0.599 e. The van der Waals surface area contributed by atoms with Gasteiger partial charge in [0, 0.05) is 25.0 Å². The van der Waals surface area contributed by atoms with Crippen molar-refractivity contribution in [2.75, 3.05) is 20.3 Å². The van der Waals surface area contributed by atoms with Crippen LogP contribution in [0.1, 0.15) is 73.6 Å². The van der Waals surface area contributed by atoms with E-state index < -0.39 is 36.2 Å². The van der Waals surface area contributed by atoms with Crippen LogP contribution in [-0.2, 0) is 23.8 Å². The Morgan fingerprint density at radius 1 is 0.627 bits per heavy atom. The van der Waals surface area contributed by atoms with Crippen LogP contribution in [0.3, 0.4) is 0 Å². The quantitative estimate of drug-likeness (QED) is 0.114. The molecule has 6 rings (SSSR count). The number of aliphatic imine (C=N–C) groups is 2. The van der Waals surface area contributed by atoms with Gasteiger partial charge in [0.05, 0.1) is 7.11 Å². The zero-order valence-electron chi connectivity index (χ0n) is 29.0. The molecule has 4 aromatic carbocycles. The van der Waals surface area contributed by atoms with Gasteiger partial charge in [-0.05, 0) is 57.3 Å². The molecule has 0 aromatic heterocycles. The minimum absolute atomic E-state index is 0.0238. The topological polar surface area (TPSA) is 153 Å². The van der Waals surface area contributed by atoms with Crippen LogP contribution in [-0.4, -0.2) is 61.6 Å². The second kappa shape index (κ2) is 17.3. The number of aliphatic carboxylic acids is 1. The van der Waals surface area contributed by atoms with Crippen LogP contribution in [0, 0.1) is 0 Å². The number of carboxylic acids is 1. The number of rotatable bonds is 12. The number of carbonyl (C=O) groups excluding carboxylic acids is 1. The number of fused-ring (bicyclic) bond motifs is 6. The van der Waals surface area contributed by atoms with Gasteiger partial charge in [-0.25, -0.2) is 9.59 Å². The van der Waals surface area contributed by atoms with Gasteiger partial charge in [-0.15, -0.1) is 0 Å².